The van der Waals surface area contributed by atoms with Gasteiger partial charge in [0.1, 0.15) is 23.6 Å². The van der Waals surface area contributed by atoms with E-state index >= 15 is 0 Å². The van der Waals surface area contributed by atoms with Crippen LogP contribution in [0.15, 0.2) is 83.9 Å². The number of hydrogen-bond acceptors (Lipinski definition) is 7. The summed E-state index contributed by atoms with van der Waals surface area (Å²) in [6, 6.07) is 21.5. The number of nitrogens with one attached hydrogen (secondary N) is 1. The maximum atomic E-state index is 14.0. The fraction of sp³-hybridized carbons (Fsp3) is 0.133. The molecule has 0 spiro atoms. The Morgan fingerprint density at radius 3 is 2.60 bits per heavy atom. The summed E-state index contributed by atoms with van der Waals surface area (Å²) in [4.78, 5) is 22.8. The van der Waals surface area contributed by atoms with Gasteiger partial charge in [-0.2, -0.15) is 5.10 Å². The van der Waals surface area contributed by atoms with Crippen molar-refractivity contribution in [3.63, 3.8) is 0 Å². The number of aromatic nitrogens is 5. The summed E-state index contributed by atoms with van der Waals surface area (Å²) in [5, 5.41) is 6.99. The van der Waals surface area contributed by atoms with Gasteiger partial charge in [-0.1, -0.05) is 41.9 Å². The highest BCUT2D eigenvalue weighted by Gasteiger charge is 2.25. The first-order valence-corrected chi connectivity index (χ1v) is 14.7. The van der Waals surface area contributed by atoms with E-state index in [1.807, 2.05) is 61.5 Å². The Hall–Kier alpha value is -4.62. The molecule has 13 heteroatoms. The zero-order chi connectivity index (χ0) is 30.2. The second-order valence-electron chi connectivity index (χ2n) is 9.77. The SMILES string of the molecule is COc1ccc(-c2nn(C(C)c3cc4cccc(Cl)c4c(=O)n3-c3ccccc3)c3ncnc(N)c23)cc1CNS(=O)O. The minimum Gasteiger partial charge on any atom is -0.496 e. The first-order chi connectivity index (χ1) is 20.8. The number of nitrogen functional groups attached to an aromatic ring is 1. The van der Waals surface area contributed by atoms with Crippen LogP contribution in [0, 0.1) is 0 Å². The van der Waals surface area contributed by atoms with E-state index in [4.69, 9.17) is 27.2 Å². The lowest BCUT2D eigenvalue weighted by Gasteiger charge is -2.21. The Balaban J connectivity index is 1.58. The van der Waals surface area contributed by atoms with E-state index in [1.165, 1.54) is 13.4 Å². The molecule has 2 unspecified atom stereocenters. The Bertz CT molecular complexity index is 2080. The van der Waals surface area contributed by atoms with E-state index in [0.717, 1.165) is 0 Å². The van der Waals surface area contributed by atoms with Crippen molar-refractivity contribution in [1.82, 2.24) is 29.0 Å². The average molecular weight is 616 g/mol. The van der Waals surface area contributed by atoms with Gasteiger partial charge in [0.25, 0.3) is 5.56 Å². The molecule has 0 aliphatic carbocycles. The van der Waals surface area contributed by atoms with Crippen molar-refractivity contribution in [1.29, 1.82) is 0 Å². The normalized spacial score (nSPS) is 12.9. The van der Waals surface area contributed by atoms with E-state index < -0.39 is 17.3 Å². The van der Waals surface area contributed by atoms with Crippen LogP contribution in [0.4, 0.5) is 5.82 Å². The summed E-state index contributed by atoms with van der Waals surface area (Å²) in [7, 11) is 1.52. The second-order valence-corrected chi connectivity index (χ2v) is 11.0. The van der Waals surface area contributed by atoms with Crippen LogP contribution < -0.4 is 20.8 Å². The molecular formula is C30H26ClN7O4S. The maximum absolute atomic E-state index is 14.0. The lowest BCUT2D eigenvalue weighted by molar-refractivity contribution is 0.409. The third kappa shape index (κ3) is 5.14. The molecular weight excluding hydrogens is 590 g/mol. The van der Waals surface area contributed by atoms with Gasteiger partial charge in [-0.3, -0.25) is 13.9 Å². The van der Waals surface area contributed by atoms with Gasteiger partial charge in [0.05, 0.1) is 34.6 Å². The fourth-order valence-electron chi connectivity index (χ4n) is 5.29. The van der Waals surface area contributed by atoms with E-state index in [9.17, 15) is 13.6 Å². The molecule has 6 aromatic rings. The van der Waals surface area contributed by atoms with Gasteiger partial charge in [0, 0.05) is 23.4 Å². The highest BCUT2D eigenvalue weighted by molar-refractivity contribution is 7.77. The van der Waals surface area contributed by atoms with Gasteiger partial charge in [-0.25, -0.2) is 23.6 Å². The zero-order valence-corrected chi connectivity index (χ0v) is 24.6. The van der Waals surface area contributed by atoms with E-state index in [2.05, 4.69) is 14.7 Å². The molecule has 6 rings (SSSR count). The van der Waals surface area contributed by atoms with Crippen molar-refractivity contribution in [2.45, 2.75) is 19.5 Å². The van der Waals surface area contributed by atoms with Crippen molar-refractivity contribution in [3.8, 4) is 22.7 Å². The van der Waals surface area contributed by atoms with E-state index in [-0.39, 0.29) is 17.9 Å². The molecule has 0 saturated heterocycles. The molecule has 3 heterocycles. The van der Waals surface area contributed by atoms with Gasteiger partial charge in [0.2, 0.25) is 11.3 Å². The van der Waals surface area contributed by atoms with Crippen LogP contribution in [0.1, 0.15) is 24.2 Å². The van der Waals surface area contributed by atoms with Crippen LogP contribution in [-0.2, 0) is 17.8 Å². The average Bonchev–Trinajstić information content (AvgIpc) is 3.40. The summed E-state index contributed by atoms with van der Waals surface area (Å²) in [6.45, 7) is 2.00. The molecule has 11 nitrogen and oxygen atoms in total. The molecule has 4 N–H and O–H groups in total. The number of hydrogen-bond donors (Lipinski definition) is 3. The van der Waals surface area contributed by atoms with Gasteiger partial charge in [-0.05, 0) is 54.8 Å². The van der Waals surface area contributed by atoms with Crippen LogP contribution in [0.5, 0.6) is 5.75 Å². The summed E-state index contributed by atoms with van der Waals surface area (Å²) < 4.78 is 31.9. The number of rotatable bonds is 8. The number of halogens is 1. The molecule has 0 fully saturated rings. The smallest absolute Gasteiger partial charge is 0.264 e. The lowest BCUT2D eigenvalue weighted by atomic mass is 10.1. The maximum Gasteiger partial charge on any atom is 0.264 e. The minimum absolute atomic E-state index is 0.0736. The Morgan fingerprint density at radius 1 is 1.07 bits per heavy atom. The monoisotopic (exact) mass is 615 g/mol. The standard InChI is InChI=1S/C30H26ClN7O4S/c1-17(23-14-18-7-6-10-22(31)25(18)30(39)37(23)21-8-4-3-5-9-21)38-29-26(28(32)33-16-34-29)27(36-38)19-11-12-24(42-2)20(13-19)15-35-43(40)41/h3-14,16-17,35H,15H2,1-2H3,(H,40,41)(H2,32,33,34). The number of anilines is 1. The molecule has 218 valence electrons. The zero-order valence-electron chi connectivity index (χ0n) is 23.1. The van der Waals surface area contributed by atoms with Gasteiger partial charge >= 0.3 is 0 Å². The number of fused-ring (bicyclic) bond motifs is 2. The lowest BCUT2D eigenvalue weighted by Crippen LogP contribution is -2.26. The third-order valence-electron chi connectivity index (χ3n) is 7.29. The number of nitrogens with two attached hydrogens (primary N) is 1. The Kier molecular flexibility index (Phi) is 7.67. The molecule has 0 radical (unpaired) electrons. The minimum atomic E-state index is -2.21. The third-order valence-corrected chi connectivity index (χ3v) is 8.00. The van der Waals surface area contributed by atoms with Crippen molar-refractivity contribution in [2.24, 2.45) is 0 Å². The quantitative estimate of drug-likeness (QED) is 0.205. The number of methoxy groups -OCH3 is 1. The van der Waals surface area contributed by atoms with Gasteiger partial charge in [0.15, 0.2) is 5.65 Å². The molecule has 0 aliphatic rings. The van der Waals surface area contributed by atoms with Crippen molar-refractivity contribution in [2.75, 3.05) is 12.8 Å². The first kappa shape index (κ1) is 28.5. The molecule has 43 heavy (non-hydrogen) atoms. The van der Waals surface area contributed by atoms with E-state index in [0.29, 0.717) is 60.8 Å². The summed E-state index contributed by atoms with van der Waals surface area (Å²) in [5.74, 6) is 0.765. The van der Waals surface area contributed by atoms with Crippen molar-refractivity contribution in [3.05, 3.63) is 106 Å². The summed E-state index contributed by atoms with van der Waals surface area (Å²) in [6.07, 6.45) is 1.37. The van der Waals surface area contributed by atoms with Crippen LogP contribution in [0.2, 0.25) is 5.02 Å². The van der Waals surface area contributed by atoms with Crippen LogP contribution in [-0.4, -0.2) is 40.2 Å². The van der Waals surface area contributed by atoms with Gasteiger partial charge < -0.3 is 10.5 Å². The molecule has 2 atom stereocenters. The molecule has 0 saturated carbocycles. The highest BCUT2D eigenvalue weighted by atomic mass is 35.5. The summed E-state index contributed by atoms with van der Waals surface area (Å²) >= 11 is 4.30. The number of pyridine rings is 1. The molecule has 3 aromatic heterocycles. The topological polar surface area (TPSA) is 150 Å². The largest absolute Gasteiger partial charge is 0.496 e. The highest BCUT2D eigenvalue weighted by Crippen LogP contribution is 2.36. The summed E-state index contributed by atoms with van der Waals surface area (Å²) in [5.41, 5.74) is 9.76. The van der Waals surface area contributed by atoms with Crippen LogP contribution in [0.25, 0.3) is 38.8 Å². The molecule has 0 bridgehead atoms. The van der Waals surface area contributed by atoms with Crippen LogP contribution in [0.3, 0.4) is 0 Å². The van der Waals surface area contributed by atoms with Crippen molar-refractivity contribution < 1.29 is 13.5 Å². The fourth-order valence-corrected chi connectivity index (χ4v) is 5.83. The van der Waals surface area contributed by atoms with Crippen LogP contribution >= 0.6 is 11.6 Å². The molecule has 3 aromatic carbocycles. The Labute approximate surface area is 253 Å². The number of nitrogens with zero attached hydrogens (tertiary/aromatic N) is 5. The Morgan fingerprint density at radius 2 is 1.86 bits per heavy atom. The predicted octanol–water partition coefficient (Wildman–Crippen LogP) is 4.88. The first-order valence-electron chi connectivity index (χ1n) is 13.2. The van der Waals surface area contributed by atoms with Gasteiger partial charge in [-0.15, -0.1) is 0 Å². The number of benzene rings is 3. The predicted molar refractivity (Wildman–Crippen MR) is 168 cm³/mol. The second kappa shape index (κ2) is 11.6. The van der Waals surface area contributed by atoms with E-state index in [1.54, 1.807) is 27.4 Å². The molecule has 0 aliphatic heterocycles. The molecule has 0 amide bonds. The number of ether oxygens (including phenoxy) is 1. The van der Waals surface area contributed by atoms with Crippen molar-refractivity contribution >= 4 is 50.5 Å². The number of para-hydroxylation sites is 1.